The molecule has 2 aromatic rings. The van der Waals surface area contributed by atoms with Crippen LogP contribution in [0.25, 0.3) is 0 Å². The molecule has 0 radical (unpaired) electrons. The molecular formula is C19H19F4N3O3. The number of hydrogen-bond donors (Lipinski definition) is 2. The number of ether oxygens (including phenoxy) is 1. The minimum atomic E-state index is -4.50. The molecule has 0 saturated carbocycles. The Bertz CT molecular complexity index is 870. The van der Waals surface area contributed by atoms with E-state index >= 15 is 0 Å². The second-order valence-electron chi connectivity index (χ2n) is 6.13. The van der Waals surface area contributed by atoms with Gasteiger partial charge in [-0.2, -0.15) is 13.2 Å². The number of hydrogen-bond acceptors (Lipinski definition) is 3. The molecule has 0 fully saturated rings. The summed E-state index contributed by atoms with van der Waals surface area (Å²) < 4.78 is 55.0. The molecule has 0 atom stereocenters. The van der Waals surface area contributed by atoms with Gasteiger partial charge in [-0.25, -0.2) is 9.18 Å². The zero-order chi connectivity index (χ0) is 21.6. The van der Waals surface area contributed by atoms with E-state index in [4.69, 9.17) is 4.74 Å². The highest BCUT2D eigenvalue weighted by Crippen LogP contribution is 2.19. The Balaban J connectivity index is 1.92. The number of benzene rings is 2. The van der Waals surface area contributed by atoms with Crippen LogP contribution in [0.4, 0.5) is 28.0 Å². The van der Waals surface area contributed by atoms with E-state index in [-0.39, 0.29) is 17.9 Å². The molecule has 0 aliphatic heterocycles. The van der Waals surface area contributed by atoms with Gasteiger partial charge in [-0.3, -0.25) is 4.79 Å². The first-order valence-electron chi connectivity index (χ1n) is 8.38. The van der Waals surface area contributed by atoms with Gasteiger partial charge in [0.15, 0.2) is 11.6 Å². The van der Waals surface area contributed by atoms with Crippen LogP contribution >= 0.6 is 0 Å². The molecule has 0 heterocycles. The van der Waals surface area contributed by atoms with Crippen LogP contribution in [0.2, 0.25) is 0 Å². The summed E-state index contributed by atoms with van der Waals surface area (Å²) in [5, 5.41) is 4.34. The van der Waals surface area contributed by atoms with Gasteiger partial charge in [-0.05, 0) is 42.0 Å². The number of urea groups is 1. The van der Waals surface area contributed by atoms with E-state index in [0.717, 1.165) is 0 Å². The summed E-state index contributed by atoms with van der Waals surface area (Å²) in [6.45, 7) is -1.30. The van der Waals surface area contributed by atoms with Crippen molar-refractivity contribution < 1.29 is 31.9 Å². The number of alkyl halides is 3. The van der Waals surface area contributed by atoms with Crippen molar-refractivity contribution in [3.63, 3.8) is 0 Å². The van der Waals surface area contributed by atoms with Gasteiger partial charge in [0.25, 0.3) is 5.91 Å². The Morgan fingerprint density at radius 2 is 1.76 bits per heavy atom. The van der Waals surface area contributed by atoms with Crippen LogP contribution in [0.15, 0.2) is 42.5 Å². The summed E-state index contributed by atoms with van der Waals surface area (Å²) in [4.78, 5) is 25.2. The molecule has 29 heavy (non-hydrogen) atoms. The quantitative estimate of drug-likeness (QED) is 0.708. The minimum absolute atomic E-state index is 0.0225. The molecule has 2 N–H and O–H groups in total. The predicted molar refractivity (Wildman–Crippen MR) is 98.3 cm³/mol. The Morgan fingerprint density at radius 3 is 2.31 bits per heavy atom. The maximum Gasteiger partial charge on any atom is 0.405 e. The average molecular weight is 413 g/mol. The molecule has 0 spiro atoms. The second kappa shape index (κ2) is 9.26. The van der Waals surface area contributed by atoms with Gasteiger partial charge in [0.05, 0.1) is 7.11 Å². The first-order valence-corrected chi connectivity index (χ1v) is 8.38. The van der Waals surface area contributed by atoms with E-state index in [0.29, 0.717) is 11.3 Å². The summed E-state index contributed by atoms with van der Waals surface area (Å²) in [7, 11) is 2.86. The fourth-order valence-corrected chi connectivity index (χ4v) is 2.36. The molecule has 0 saturated heterocycles. The van der Waals surface area contributed by atoms with Crippen molar-refractivity contribution in [2.24, 2.45) is 0 Å². The molecule has 0 bridgehead atoms. The maximum atomic E-state index is 13.7. The normalized spacial score (nSPS) is 11.0. The van der Waals surface area contributed by atoms with Crippen molar-refractivity contribution in [3.05, 3.63) is 59.4 Å². The summed E-state index contributed by atoms with van der Waals surface area (Å²) in [5.74, 6) is -1.32. The molecule has 156 valence electrons. The Hall–Kier alpha value is -3.30. The molecule has 0 aromatic heterocycles. The summed E-state index contributed by atoms with van der Waals surface area (Å²) >= 11 is 0. The molecule has 2 rings (SSSR count). The van der Waals surface area contributed by atoms with E-state index in [1.807, 2.05) is 0 Å². The van der Waals surface area contributed by atoms with Gasteiger partial charge < -0.3 is 20.3 Å². The van der Waals surface area contributed by atoms with Crippen molar-refractivity contribution >= 4 is 17.6 Å². The third kappa shape index (κ3) is 6.66. The van der Waals surface area contributed by atoms with Crippen LogP contribution in [-0.2, 0) is 6.54 Å². The molecule has 10 heteroatoms. The van der Waals surface area contributed by atoms with Crippen molar-refractivity contribution in [1.29, 1.82) is 0 Å². The van der Waals surface area contributed by atoms with Gasteiger partial charge in [0.1, 0.15) is 6.54 Å². The summed E-state index contributed by atoms with van der Waals surface area (Å²) in [6, 6.07) is 9.22. The smallest absolute Gasteiger partial charge is 0.405 e. The van der Waals surface area contributed by atoms with Crippen molar-refractivity contribution in [2.45, 2.75) is 12.7 Å². The number of anilines is 1. The fraction of sp³-hybridized carbons (Fsp3) is 0.263. The molecule has 0 unspecified atom stereocenters. The highest BCUT2D eigenvalue weighted by Gasteiger charge is 2.27. The number of methoxy groups -OCH3 is 1. The second-order valence-corrected chi connectivity index (χ2v) is 6.13. The maximum absolute atomic E-state index is 13.7. The monoisotopic (exact) mass is 413 g/mol. The van der Waals surface area contributed by atoms with Gasteiger partial charge in [0.2, 0.25) is 0 Å². The van der Waals surface area contributed by atoms with Gasteiger partial charge in [-0.1, -0.05) is 6.07 Å². The van der Waals surface area contributed by atoms with Crippen molar-refractivity contribution in [1.82, 2.24) is 10.2 Å². The lowest BCUT2D eigenvalue weighted by Crippen LogP contribution is -2.33. The largest absolute Gasteiger partial charge is 0.494 e. The number of nitrogens with one attached hydrogen (secondary N) is 2. The number of carbonyl (C=O) groups is 2. The molecular weight excluding hydrogens is 394 g/mol. The topological polar surface area (TPSA) is 70.7 Å². The Kier molecular flexibility index (Phi) is 7.03. The van der Waals surface area contributed by atoms with Crippen LogP contribution in [0.5, 0.6) is 5.75 Å². The van der Waals surface area contributed by atoms with Crippen LogP contribution in [0, 0.1) is 5.82 Å². The Labute approximate surface area is 164 Å². The SMILES string of the molecule is COc1ccc(CN(C)C(=O)Nc2ccc(C(=O)NCC(F)(F)F)cc2)cc1F. The number of carbonyl (C=O) groups excluding carboxylic acids is 2. The number of rotatable bonds is 6. The van der Waals surface area contributed by atoms with E-state index in [1.165, 1.54) is 55.5 Å². The third-order valence-electron chi connectivity index (χ3n) is 3.83. The third-order valence-corrected chi connectivity index (χ3v) is 3.83. The van der Waals surface area contributed by atoms with Gasteiger partial charge in [-0.15, -0.1) is 0 Å². The predicted octanol–water partition coefficient (Wildman–Crippen LogP) is 3.79. The van der Waals surface area contributed by atoms with E-state index < -0.39 is 30.5 Å². The molecule has 6 nitrogen and oxygen atoms in total. The van der Waals surface area contributed by atoms with E-state index in [1.54, 1.807) is 11.4 Å². The first-order chi connectivity index (χ1) is 13.6. The van der Waals surface area contributed by atoms with Crippen LogP contribution in [0.1, 0.15) is 15.9 Å². The number of halogens is 4. The zero-order valence-corrected chi connectivity index (χ0v) is 15.6. The lowest BCUT2D eigenvalue weighted by Gasteiger charge is -2.18. The summed E-state index contributed by atoms with van der Waals surface area (Å²) in [5.41, 5.74) is 0.919. The standard InChI is InChI=1S/C19H19F4N3O3/c1-26(10-12-3-8-16(29-2)15(20)9-12)18(28)25-14-6-4-13(5-7-14)17(27)24-11-19(21,22)23/h3-9H,10-11H2,1-2H3,(H,24,27)(H,25,28). The number of nitrogens with zero attached hydrogens (tertiary/aromatic N) is 1. The average Bonchev–Trinajstić information content (AvgIpc) is 2.66. The highest BCUT2D eigenvalue weighted by atomic mass is 19.4. The summed E-state index contributed by atoms with van der Waals surface area (Å²) in [6.07, 6.45) is -4.50. The van der Waals surface area contributed by atoms with Crippen molar-refractivity contribution in [3.8, 4) is 5.75 Å². The lowest BCUT2D eigenvalue weighted by atomic mass is 10.2. The van der Waals surface area contributed by atoms with Crippen LogP contribution < -0.4 is 15.4 Å². The molecule has 2 aromatic carbocycles. The Morgan fingerprint density at radius 1 is 1.10 bits per heavy atom. The molecule has 3 amide bonds. The van der Waals surface area contributed by atoms with Crippen LogP contribution in [-0.4, -0.2) is 43.7 Å². The fourth-order valence-electron chi connectivity index (χ4n) is 2.36. The molecule has 0 aliphatic carbocycles. The minimum Gasteiger partial charge on any atom is -0.494 e. The number of amides is 3. The lowest BCUT2D eigenvalue weighted by molar-refractivity contribution is -0.123. The van der Waals surface area contributed by atoms with Gasteiger partial charge >= 0.3 is 12.2 Å². The highest BCUT2D eigenvalue weighted by molar-refractivity contribution is 5.95. The van der Waals surface area contributed by atoms with E-state index in [9.17, 15) is 27.2 Å². The first kappa shape index (κ1) is 22.0. The molecule has 0 aliphatic rings. The van der Waals surface area contributed by atoms with E-state index in [2.05, 4.69) is 5.32 Å². The van der Waals surface area contributed by atoms with Crippen molar-refractivity contribution in [2.75, 3.05) is 26.0 Å². The zero-order valence-electron chi connectivity index (χ0n) is 15.6. The van der Waals surface area contributed by atoms with Gasteiger partial charge in [0, 0.05) is 24.8 Å². The van der Waals surface area contributed by atoms with Crippen LogP contribution in [0.3, 0.4) is 0 Å².